The number of hydrogen-bond donors (Lipinski definition) is 2. The van der Waals surface area contributed by atoms with Crippen molar-refractivity contribution < 1.29 is 0 Å². The molecule has 0 aliphatic heterocycles. The van der Waals surface area contributed by atoms with Crippen molar-refractivity contribution in [2.75, 3.05) is 6.54 Å². The summed E-state index contributed by atoms with van der Waals surface area (Å²) in [5, 5.41) is 7.09. The highest BCUT2D eigenvalue weighted by Crippen LogP contribution is 2.33. The summed E-state index contributed by atoms with van der Waals surface area (Å²) in [7, 11) is 1.68. The first kappa shape index (κ1) is 13.4. The van der Waals surface area contributed by atoms with Crippen molar-refractivity contribution in [3.05, 3.63) is 44.8 Å². The second kappa shape index (κ2) is 5.73. The van der Waals surface area contributed by atoms with Crippen LogP contribution >= 0.6 is 27.7 Å². The number of rotatable bonds is 4. The van der Waals surface area contributed by atoms with Gasteiger partial charge in [0.05, 0.1) is 0 Å². The van der Waals surface area contributed by atoms with Gasteiger partial charge in [0.1, 0.15) is 0 Å². The van der Waals surface area contributed by atoms with Crippen LogP contribution in [0.15, 0.2) is 38.7 Å². The van der Waals surface area contributed by atoms with Gasteiger partial charge in [-0.2, -0.15) is 0 Å². The number of aromatic amines is 1. The van der Waals surface area contributed by atoms with Crippen molar-refractivity contribution in [1.29, 1.82) is 0 Å². The smallest absolute Gasteiger partial charge is 0.329 e. The van der Waals surface area contributed by atoms with E-state index in [1.165, 1.54) is 16.3 Å². The first-order valence-electron chi connectivity index (χ1n) is 5.35. The molecule has 0 aliphatic carbocycles. The van der Waals surface area contributed by atoms with Crippen molar-refractivity contribution in [1.82, 2.24) is 14.8 Å². The van der Waals surface area contributed by atoms with Gasteiger partial charge in [0.15, 0.2) is 5.16 Å². The van der Waals surface area contributed by atoms with Crippen LogP contribution in [0.1, 0.15) is 10.8 Å². The van der Waals surface area contributed by atoms with E-state index in [0.717, 1.165) is 10.0 Å². The molecule has 0 fully saturated rings. The molecule has 0 saturated carbocycles. The van der Waals surface area contributed by atoms with Crippen LogP contribution in [0.5, 0.6) is 0 Å². The van der Waals surface area contributed by atoms with Gasteiger partial charge in [-0.3, -0.25) is 4.57 Å². The molecule has 5 nitrogen and oxygen atoms in total. The van der Waals surface area contributed by atoms with Crippen molar-refractivity contribution in [3.8, 4) is 0 Å². The monoisotopic (exact) mass is 328 g/mol. The van der Waals surface area contributed by atoms with Crippen molar-refractivity contribution in [2.45, 2.75) is 10.4 Å². The molecule has 1 heterocycles. The molecule has 0 spiro atoms. The van der Waals surface area contributed by atoms with Crippen LogP contribution in [0.2, 0.25) is 0 Å². The molecule has 96 valence electrons. The number of nitrogens with one attached hydrogen (secondary N) is 1. The fourth-order valence-corrected chi connectivity index (χ4v) is 2.91. The van der Waals surface area contributed by atoms with Crippen molar-refractivity contribution in [2.24, 2.45) is 12.8 Å². The SMILES string of the molecule is Cn1c(SC(CN)c2cccc(Br)c2)n[nH]c1=O. The Balaban J connectivity index is 2.25. The van der Waals surface area contributed by atoms with Crippen molar-refractivity contribution in [3.63, 3.8) is 0 Å². The van der Waals surface area contributed by atoms with Crippen LogP contribution < -0.4 is 11.4 Å². The highest BCUT2D eigenvalue weighted by Gasteiger charge is 2.15. The maximum atomic E-state index is 11.3. The summed E-state index contributed by atoms with van der Waals surface area (Å²) in [6.07, 6.45) is 0. The summed E-state index contributed by atoms with van der Waals surface area (Å²) in [5.41, 5.74) is 6.68. The minimum atomic E-state index is -0.220. The van der Waals surface area contributed by atoms with E-state index < -0.39 is 0 Å². The molecule has 0 radical (unpaired) electrons. The highest BCUT2D eigenvalue weighted by atomic mass is 79.9. The maximum Gasteiger partial charge on any atom is 0.343 e. The molecule has 0 bridgehead atoms. The molecule has 2 aromatic rings. The molecular weight excluding hydrogens is 316 g/mol. The van der Waals surface area contributed by atoms with Gasteiger partial charge in [-0.1, -0.05) is 39.8 Å². The first-order valence-corrected chi connectivity index (χ1v) is 7.02. The average molecular weight is 329 g/mol. The van der Waals surface area contributed by atoms with E-state index in [-0.39, 0.29) is 10.9 Å². The fourth-order valence-electron chi connectivity index (χ4n) is 1.52. The topological polar surface area (TPSA) is 76.7 Å². The third-order valence-electron chi connectivity index (χ3n) is 2.52. The Labute approximate surface area is 117 Å². The molecule has 0 saturated heterocycles. The van der Waals surface area contributed by atoms with Gasteiger partial charge in [0, 0.05) is 23.3 Å². The molecule has 2 rings (SSSR count). The molecule has 18 heavy (non-hydrogen) atoms. The number of benzene rings is 1. The average Bonchev–Trinajstić information content (AvgIpc) is 2.67. The lowest BCUT2D eigenvalue weighted by Crippen LogP contribution is -2.14. The van der Waals surface area contributed by atoms with Gasteiger partial charge in [0.2, 0.25) is 0 Å². The Morgan fingerprint density at radius 3 is 2.94 bits per heavy atom. The number of aromatic nitrogens is 3. The second-order valence-corrected chi connectivity index (χ2v) is 5.85. The predicted octanol–water partition coefficient (Wildman–Crippen LogP) is 1.66. The summed E-state index contributed by atoms with van der Waals surface area (Å²) in [5.74, 6) is 0. The third-order valence-corrected chi connectivity index (χ3v) is 4.34. The van der Waals surface area contributed by atoms with E-state index in [4.69, 9.17) is 5.73 Å². The Kier molecular flexibility index (Phi) is 4.26. The standard InChI is InChI=1S/C11H13BrN4OS/c1-16-10(17)14-15-11(16)18-9(6-13)7-3-2-4-8(12)5-7/h2-5,9H,6,13H2,1H3,(H,14,17). The van der Waals surface area contributed by atoms with Gasteiger partial charge in [-0.05, 0) is 17.7 Å². The van der Waals surface area contributed by atoms with Crippen LogP contribution in [0.4, 0.5) is 0 Å². The van der Waals surface area contributed by atoms with Crippen LogP contribution in [-0.2, 0) is 7.05 Å². The molecule has 1 aromatic heterocycles. The minimum absolute atomic E-state index is 0.0661. The molecule has 3 N–H and O–H groups in total. The number of nitrogens with zero attached hydrogens (tertiary/aromatic N) is 2. The summed E-state index contributed by atoms with van der Waals surface area (Å²) >= 11 is 4.91. The zero-order valence-corrected chi connectivity index (χ0v) is 12.2. The number of nitrogens with two attached hydrogens (primary N) is 1. The van der Waals surface area contributed by atoms with Crippen LogP contribution in [0.3, 0.4) is 0 Å². The van der Waals surface area contributed by atoms with E-state index in [1.54, 1.807) is 7.05 Å². The van der Waals surface area contributed by atoms with Crippen LogP contribution in [0, 0.1) is 0 Å². The summed E-state index contributed by atoms with van der Waals surface area (Å²) < 4.78 is 2.49. The zero-order valence-electron chi connectivity index (χ0n) is 9.76. The van der Waals surface area contributed by atoms with E-state index in [9.17, 15) is 4.79 Å². The lowest BCUT2D eigenvalue weighted by molar-refractivity contribution is 0.760. The van der Waals surface area contributed by atoms with Gasteiger partial charge in [0.25, 0.3) is 0 Å². The molecule has 0 amide bonds. The largest absolute Gasteiger partial charge is 0.343 e. The zero-order chi connectivity index (χ0) is 13.1. The highest BCUT2D eigenvalue weighted by molar-refractivity contribution is 9.10. The summed E-state index contributed by atoms with van der Waals surface area (Å²) in [6.45, 7) is 0.474. The first-order chi connectivity index (χ1) is 8.61. The third kappa shape index (κ3) is 2.85. The van der Waals surface area contributed by atoms with E-state index in [0.29, 0.717) is 11.7 Å². The predicted molar refractivity (Wildman–Crippen MR) is 75.6 cm³/mol. The Bertz CT molecular complexity index is 595. The number of halogens is 1. The van der Waals surface area contributed by atoms with Gasteiger partial charge in [-0.25, -0.2) is 9.89 Å². The molecule has 1 aromatic carbocycles. The molecule has 7 heteroatoms. The van der Waals surface area contributed by atoms with E-state index in [2.05, 4.69) is 26.1 Å². The Hall–Kier alpha value is -1.05. The Morgan fingerprint density at radius 1 is 1.61 bits per heavy atom. The molecule has 1 atom stereocenters. The second-order valence-electron chi connectivity index (χ2n) is 3.77. The fraction of sp³-hybridized carbons (Fsp3) is 0.273. The van der Waals surface area contributed by atoms with Crippen LogP contribution in [0.25, 0.3) is 0 Å². The Morgan fingerprint density at radius 2 is 2.39 bits per heavy atom. The molecule has 1 unspecified atom stereocenters. The van der Waals surface area contributed by atoms with Gasteiger partial charge < -0.3 is 5.73 Å². The van der Waals surface area contributed by atoms with Gasteiger partial charge >= 0.3 is 5.69 Å². The maximum absolute atomic E-state index is 11.3. The number of thioether (sulfide) groups is 1. The van der Waals surface area contributed by atoms with Gasteiger partial charge in [-0.15, -0.1) is 5.10 Å². The number of hydrogen-bond acceptors (Lipinski definition) is 4. The summed E-state index contributed by atoms with van der Waals surface area (Å²) in [4.78, 5) is 11.3. The normalized spacial score (nSPS) is 12.6. The molecular formula is C11H13BrN4OS. The van der Waals surface area contributed by atoms with Crippen LogP contribution in [-0.4, -0.2) is 21.3 Å². The molecule has 0 aliphatic rings. The summed E-state index contributed by atoms with van der Waals surface area (Å²) in [6, 6.07) is 7.97. The van der Waals surface area contributed by atoms with Crippen molar-refractivity contribution >= 4 is 27.7 Å². The van der Waals surface area contributed by atoms with E-state index >= 15 is 0 Å². The number of H-pyrrole nitrogens is 1. The quantitative estimate of drug-likeness (QED) is 0.837. The minimum Gasteiger partial charge on any atom is -0.329 e. The lowest BCUT2D eigenvalue weighted by Gasteiger charge is -2.14. The lowest BCUT2D eigenvalue weighted by atomic mass is 10.1. The van der Waals surface area contributed by atoms with E-state index in [1.807, 2.05) is 24.3 Å².